The fraction of sp³-hybridized carbons (Fsp3) is 0.269. The molecule has 0 radical (unpaired) electrons. The number of nitrogens with one attached hydrogen (secondary N) is 2. The highest BCUT2D eigenvalue weighted by Crippen LogP contribution is 2.25. The van der Waals surface area contributed by atoms with Crippen LogP contribution in [0.5, 0.6) is 5.75 Å². The first kappa shape index (κ1) is 22.7. The second-order valence-electron chi connectivity index (χ2n) is 8.06. The van der Waals surface area contributed by atoms with Gasteiger partial charge in [0, 0.05) is 42.6 Å². The molecule has 1 aliphatic rings. The standard InChI is InChI=1S/C26H27F2N3O2/c1-33-24-11-3-2-9-22(24)26(32)30-20-7-5-8-21(16-20)31-14-12-19(13-15-31)29-17-18-6-4-10-23(27)25(18)28/h2-11,16,19,29H,12-15,17H2,1H3,(H,30,32). The zero-order chi connectivity index (χ0) is 23.2. The van der Waals surface area contributed by atoms with Crippen molar-refractivity contribution in [2.45, 2.75) is 25.4 Å². The van der Waals surface area contributed by atoms with Crippen molar-refractivity contribution in [3.8, 4) is 5.75 Å². The molecule has 1 amide bonds. The normalized spacial score (nSPS) is 14.2. The molecule has 0 aliphatic carbocycles. The average molecular weight is 452 g/mol. The molecule has 172 valence electrons. The van der Waals surface area contributed by atoms with E-state index in [1.54, 1.807) is 31.4 Å². The van der Waals surface area contributed by atoms with Gasteiger partial charge in [-0.3, -0.25) is 4.79 Å². The smallest absolute Gasteiger partial charge is 0.259 e. The van der Waals surface area contributed by atoms with Crippen molar-refractivity contribution in [1.29, 1.82) is 0 Å². The number of hydrogen-bond acceptors (Lipinski definition) is 4. The maximum absolute atomic E-state index is 13.9. The molecule has 2 N–H and O–H groups in total. The van der Waals surface area contributed by atoms with Crippen LogP contribution in [0.1, 0.15) is 28.8 Å². The zero-order valence-corrected chi connectivity index (χ0v) is 18.5. The number of nitrogens with zero attached hydrogens (tertiary/aromatic N) is 1. The number of anilines is 2. The van der Waals surface area contributed by atoms with Gasteiger partial charge < -0.3 is 20.3 Å². The third kappa shape index (κ3) is 5.49. The van der Waals surface area contributed by atoms with Crippen molar-refractivity contribution in [3.05, 3.63) is 89.5 Å². The van der Waals surface area contributed by atoms with Gasteiger partial charge >= 0.3 is 0 Å². The molecule has 1 heterocycles. The van der Waals surface area contributed by atoms with Crippen LogP contribution in [0.15, 0.2) is 66.7 Å². The van der Waals surface area contributed by atoms with Gasteiger partial charge in [0.2, 0.25) is 0 Å². The molecule has 0 aromatic heterocycles. The number of carbonyl (C=O) groups excluding carboxylic acids is 1. The molecule has 1 fully saturated rings. The number of rotatable bonds is 7. The van der Waals surface area contributed by atoms with Gasteiger partial charge in [0.05, 0.1) is 12.7 Å². The first-order chi connectivity index (χ1) is 16.0. The molecule has 33 heavy (non-hydrogen) atoms. The van der Waals surface area contributed by atoms with Gasteiger partial charge in [0.1, 0.15) is 5.75 Å². The Morgan fingerprint density at radius 1 is 1.03 bits per heavy atom. The summed E-state index contributed by atoms with van der Waals surface area (Å²) in [7, 11) is 1.54. The Labute approximate surface area is 192 Å². The Hall–Kier alpha value is -3.45. The summed E-state index contributed by atoms with van der Waals surface area (Å²) in [6.07, 6.45) is 1.77. The summed E-state index contributed by atoms with van der Waals surface area (Å²) in [6, 6.07) is 19.4. The SMILES string of the molecule is COc1ccccc1C(=O)Nc1cccc(N2CCC(NCc3cccc(F)c3F)CC2)c1. The molecule has 3 aromatic rings. The van der Waals surface area contributed by atoms with E-state index < -0.39 is 11.6 Å². The predicted molar refractivity (Wildman–Crippen MR) is 126 cm³/mol. The first-order valence-electron chi connectivity index (χ1n) is 11.0. The highest BCUT2D eigenvalue weighted by molar-refractivity contribution is 6.06. The van der Waals surface area contributed by atoms with Crippen LogP contribution in [-0.4, -0.2) is 32.1 Å². The van der Waals surface area contributed by atoms with Crippen molar-refractivity contribution in [2.24, 2.45) is 0 Å². The zero-order valence-electron chi connectivity index (χ0n) is 18.5. The Balaban J connectivity index is 1.33. The topological polar surface area (TPSA) is 53.6 Å². The van der Waals surface area contributed by atoms with Gasteiger partial charge in [-0.15, -0.1) is 0 Å². The lowest BCUT2D eigenvalue weighted by atomic mass is 10.0. The lowest BCUT2D eigenvalue weighted by Crippen LogP contribution is -2.42. The summed E-state index contributed by atoms with van der Waals surface area (Å²) in [4.78, 5) is 15.0. The molecule has 0 bridgehead atoms. The minimum atomic E-state index is -0.818. The molecular weight excluding hydrogens is 424 g/mol. The summed E-state index contributed by atoms with van der Waals surface area (Å²) >= 11 is 0. The van der Waals surface area contributed by atoms with Crippen LogP contribution in [0.4, 0.5) is 20.2 Å². The van der Waals surface area contributed by atoms with Crippen LogP contribution in [-0.2, 0) is 6.54 Å². The number of hydrogen-bond donors (Lipinski definition) is 2. The monoisotopic (exact) mass is 451 g/mol. The molecule has 0 saturated carbocycles. The van der Waals surface area contributed by atoms with Crippen LogP contribution >= 0.6 is 0 Å². The molecule has 1 aliphatic heterocycles. The van der Waals surface area contributed by atoms with Crippen LogP contribution in [0.3, 0.4) is 0 Å². The van der Waals surface area contributed by atoms with E-state index in [0.29, 0.717) is 29.1 Å². The van der Waals surface area contributed by atoms with Gasteiger partial charge in [-0.25, -0.2) is 8.78 Å². The van der Waals surface area contributed by atoms with Crippen molar-refractivity contribution in [1.82, 2.24) is 5.32 Å². The Bertz CT molecular complexity index is 1110. The fourth-order valence-corrected chi connectivity index (χ4v) is 4.09. The molecule has 7 heteroatoms. The van der Waals surface area contributed by atoms with E-state index in [2.05, 4.69) is 15.5 Å². The lowest BCUT2D eigenvalue weighted by molar-refractivity contribution is 0.102. The van der Waals surface area contributed by atoms with E-state index in [0.717, 1.165) is 37.7 Å². The second-order valence-corrected chi connectivity index (χ2v) is 8.06. The number of carbonyl (C=O) groups is 1. The minimum Gasteiger partial charge on any atom is -0.496 e. The number of halogens is 2. The van der Waals surface area contributed by atoms with Gasteiger partial charge in [-0.1, -0.05) is 30.3 Å². The van der Waals surface area contributed by atoms with E-state index in [4.69, 9.17) is 4.74 Å². The lowest BCUT2D eigenvalue weighted by Gasteiger charge is -2.34. The fourth-order valence-electron chi connectivity index (χ4n) is 4.09. The van der Waals surface area contributed by atoms with E-state index >= 15 is 0 Å². The highest BCUT2D eigenvalue weighted by atomic mass is 19.2. The van der Waals surface area contributed by atoms with Crippen LogP contribution in [0.25, 0.3) is 0 Å². The van der Waals surface area contributed by atoms with Gasteiger partial charge in [-0.05, 0) is 49.2 Å². The van der Waals surface area contributed by atoms with E-state index in [-0.39, 0.29) is 11.9 Å². The largest absolute Gasteiger partial charge is 0.496 e. The summed E-state index contributed by atoms with van der Waals surface area (Å²) in [5, 5.41) is 6.29. The number of amides is 1. The van der Waals surface area contributed by atoms with E-state index in [1.165, 1.54) is 6.07 Å². The number of ether oxygens (including phenoxy) is 1. The van der Waals surface area contributed by atoms with Crippen LogP contribution in [0.2, 0.25) is 0 Å². The molecule has 0 unspecified atom stereocenters. The molecular formula is C26H27F2N3O2. The predicted octanol–water partition coefficient (Wildman–Crippen LogP) is 4.98. The van der Waals surface area contributed by atoms with E-state index in [9.17, 15) is 13.6 Å². The molecule has 5 nitrogen and oxygen atoms in total. The van der Waals surface area contributed by atoms with E-state index in [1.807, 2.05) is 30.3 Å². The molecule has 4 rings (SSSR count). The van der Waals surface area contributed by atoms with Crippen molar-refractivity contribution >= 4 is 17.3 Å². The van der Waals surface area contributed by atoms with Gasteiger partial charge in [0.15, 0.2) is 11.6 Å². The van der Waals surface area contributed by atoms with Crippen LogP contribution in [0, 0.1) is 11.6 Å². The molecule has 3 aromatic carbocycles. The summed E-state index contributed by atoms with van der Waals surface area (Å²) in [5.41, 5.74) is 2.57. The number of piperidine rings is 1. The average Bonchev–Trinajstić information content (AvgIpc) is 2.85. The molecule has 0 spiro atoms. The summed E-state index contributed by atoms with van der Waals surface area (Å²) in [6.45, 7) is 1.96. The number of methoxy groups -OCH3 is 1. The molecule has 0 atom stereocenters. The molecule has 1 saturated heterocycles. The Kier molecular flexibility index (Phi) is 7.19. The second kappa shape index (κ2) is 10.4. The summed E-state index contributed by atoms with van der Waals surface area (Å²) in [5.74, 6) is -1.30. The third-order valence-electron chi connectivity index (χ3n) is 5.93. The minimum absolute atomic E-state index is 0.225. The highest BCUT2D eigenvalue weighted by Gasteiger charge is 2.20. The number of para-hydroxylation sites is 1. The maximum atomic E-state index is 13.9. The first-order valence-corrected chi connectivity index (χ1v) is 11.0. The van der Waals surface area contributed by atoms with Crippen molar-refractivity contribution < 1.29 is 18.3 Å². The quantitative estimate of drug-likeness (QED) is 0.532. The Morgan fingerprint density at radius 3 is 2.58 bits per heavy atom. The summed E-state index contributed by atoms with van der Waals surface area (Å²) < 4.78 is 32.5. The number of benzene rings is 3. The van der Waals surface area contributed by atoms with Gasteiger partial charge in [-0.2, -0.15) is 0 Å². The van der Waals surface area contributed by atoms with Crippen molar-refractivity contribution in [2.75, 3.05) is 30.4 Å². The maximum Gasteiger partial charge on any atom is 0.259 e. The Morgan fingerprint density at radius 2 is 1.79 bits per heavy atom. The van der Waals surface area contributed by atoms with Crippen molar-refractivity contribution in [3.63, 3.8) is 0 Å². The third-order valence-corrected chi connectivity index (χ3v) is 5.93. The van der Waals surface area contributed by atoms with Crippen LogP contribution < -0.4 is 20.3 Å². The van der Waals surface area contributed by atoms with Gasteiger partial charge in [0.25, 0.3) is 5.91 Å².